The third-order valence-electron chi connectivity index (χ3n) is 3.42. The zero-order valence-corrected chi connectivity index (χ0v) is 14.0. The highest BCUT2D eigenvalue weighted by Crippen LogP contribution is 2.24. The van der Waals surface area contributed by atoms with E-state index in [-0.39, 0.29) is 11.6 Å². The van der Waals surface area contributed by atoms with Gasteiger partial charge in [0.05, 0.1) is 11.6 Å². The molecule has 6 heteroatoms. The van der Waals surface area contributed by atoms with Gasteiger partial charge in [-0.25, -0.2) is 9.59 Å². The second-order valence-corrected chi connectivity index (χ2v) is 6.65. The maximum atomic E-state index is 11.8. The number of benzene rings is 1. The van der Waals surface area contributed by atoms with Gasteiger partial charge < -0.3 is 20.1 Å². The van der Waals surface area contributed by atoms with E-state index >= 15 is 0 Å². The maximum Gasteiger partial charge on any atom is 0.408 e. The highest BCUT2D eigenvalue weighted by atomic mass is 16.6. The number of hydrogen-bond acceptors (Lipinski definition) is 3. The minimum absolute atomic E-state index is 0.263. The molecule has 1 unspecified atom stereocenters. The summed E-state index contributed by atoms with van der Waals surface area (Å²) >= 11 is 0. The lowest BCUT2D eigenvalue weighted by atomic mass is 10.1. The van der Waals surface area contributed by atoms with E-state index in [1.807, 2.05) is 19.1 Å². The number of H-pyrrole nitrogens is 1. The number of fused-ring (bicyclic) bond motifs is 1. The average molecular weight is 318 g/mol. The van der Waals surface area contributed by atoms with Crippen molar-refractivity contribution in [1.82, 2.24) is 10.3 Å². The van der Waals surface area contributed by atoms with Crippen molar-refractivity contribution in [1.29, 1.82) is 0 Å². The molecule has 0 aliphatic rings. The number of carboxylic acid groups (broad SMARTS) is 1. The van der Waals surface area contributed by atoms with E-state index in [4.69, 9.17) is 4.74 Å². The molecule has 0 radical (unpaired) electrons. The Kier molecular flexibility index (Phi) is 4.36. The molecule has 0 saturated heterocycles. The summed E-state index contributed by atoms with van der Waals surface area (Å²) in [5.74, 6) is -0.958. The van der Waals surface area contributed by atoms with Crippen LogP contribution in [0.5, 0.6) is 0 Å². The Morgan fingerprint density at radius 2 is 1.91 bits per heavy atom. The third kappa shape index (κ3) is 4.03. The van der Waals surface area contributed by atoms with Gasteiger partial charge in [-0.3, -0.25) is 0 Å². The summed E-state index contributed by atoms with van der Waals surface area (Å²) in [7, 11) is 0. The van der Waals surface area contributed by atoms with Crippen LogP contribution in [0.1, 0.15) is 55.4 Å². The minimum Gasteiger partial charge on any atom is -0.478 e. The van der Waals surface area contributed by atoms with Crippen molar-refractivity contribution < 1.29 is 19.4 Å². The molecule has 124 valence electrons. The zero-order valence-electron chi connectivity index (χ0n) is 14.0. The second-order valence-electron chi connectivity index (χ2n) is 6.65. The van der Waals surface area contributed by atoms with Crippen LogP contribution in [-0.2, 0) is 4.74 Å². The number of alkyl carbamates (subject to hydrolysis) is 1. The van der Waals surface area contributed by atoms with Gasteiger partial charge in [-0.15, -0.1) is 0 Å². The van der Waals surface area contributed by atoms with Gasteiger partial charge in [-0.2, -0.15) is 0 Å². The molecule has 2 rings (SSSR count). The van der Waals surface area contributed by atoms with Crippen LogP contribution < -0.4 is 5.32 Å². The molecule has 1 aromatic heterocycles. The third-order valence-corrected chi connectivity index (χ3v) is 3.42. The Balaban J connectivity index is 2.23. The van der Waals surface area contributed by atoms with E-state index in [2.05, 4.69) is 10.3 Å². The van der Waals surface area contributed by atoms with Crippen LogP contribution in [0.4, 0.5) is 4.79 Å². The average Bonchev–Trinajstić information content (AvgIpc) is 2.77. The topological polar surface area (TPSA) is 91.4 Å². The number of hydrogen-bond donors (Lipinski definition) is 3. The summed E-state index contributed by atoms with van der Waals surface area (Å²) in [4.78, 5) is 26.2. The number of nitrogens with one attached hydrogen (secondary N) is 2. The summed E-state index contributed by atoms with van der Waals surface area (Å²) in [6.07, 6.45) is -0.494. The first-order chi connectivity index (χ1) is 10.6. The number of ether oxygens (including phenoxy) is 1. The fourth-order valence-corrected chi connectivity index (χ4v) is 2.34. The number of aromatic amines is 1. The van der Waals surface area contributed by atoms with Gasteiger partial charge in [0.15, 0.2) is 0 Å². The van der Waals surface area contributed by atoms with E-state index in [1.165, 1.54) is 0 Å². The number of aromatic nitrogens is 1. The fourth-order valence-electron chi connectivity index (χ4n) is 2.34. The van der Waals surface area contributed by atoms with Gasteiger partial charge in [-0.05, 0) is 58.4 Å². The van der Waals surface area contributed by atoms with Gasteiger partial charge in [0, 0.05) is 16.6 Å². The molecular formula is C17H22N2O4. The van der Waals surface area contributed by atoms with Crippen molar-refractivity contribution in [3.63, 3.8) is 0 Å². The molecule has 0 bridgehead atoms. The Hall–Kier alpha value is -2.50. The molecule has 2 aromatic rings. The molecule has 1 amide bonds. The van der Waals surface area contributed by atoms with Crippen LogP contribution in [0.3, 0.4) is 0 Å². The lowest BCUT2D eigenvalue weighted by Crippen LogP contribution is -2.34. The predicted molar refractivity (Wildman–Crippen MR) is 87.8 cm³/mol. The molecule has 0 aliphatic heterocycles. The van der Waals surface area contributed by atoms with Gasteiger partial charge in [0.1, 0.15) is 5.60 Å². The number of aromatic carboxylic acids is 1. The molecule has 0 spiro atoms. The summed E-state index contributed by atoms with van der Waals surface area (Å²) in [6.45, 7) is 9.00. The summed E-state index contributed by atoms with van der Waals surface area (Å²) < 4.78 is 5.23. The van der Waals surface area contributed by atoms with E-state index in [1.54, 1.807) is 33.8 Å². The van der Waals surface area contributed by atoms with Crippen LogP contribution in [0, 0.1) is 6.92 Å². The summed E-state index contributed by atoms with van der Waals surface area (Å²) in [6, 6.07) is 5.04. The predicted octanol–water partition coefficient (Wildman–Crippen LogP) is 3.76. The van der Waals surface area contributed by atoms with Gasteiger partial charge >= 0.3 is 12.1 Å². The standard InChI is InChI=1S/C17H22N2O4/c1-9-6-11-7-13(19-14(11)8-12(9)15(20)21)10(2)18-16(22)23-17(3,4)5/h6-8,10,19H,1-5H3,(H,18,22)(H,20,21). The van der Waals surface area contributed by atoms with Gasteiger partial charge in [0.25, 0.3) is 0 Å². The zero-order chi connectivity index (χ0) is 17.4. The molecule has 6 nitrogen and oxygen atoms in total. The Bertz CT molecular complexity index is 756. The van der Waals surface area contributed by atoms with Crippen molar-refractivity contribution in [2.24, 2.45) is 0 Å². The monoisotopic (exact) mass is 318 g/mol. The van der Waals surface area contributed by atoms with Crippen molar-refractivity contribution >= 4 is 23.0 Å². The molecule has 1 atom stereocenters. The number of aryl methyl sites for hydroxylation is 1. The number of carboxylic acids is 1. The first-order valence-electron chi connectivity index (χ1n) is 7.43. The van der Waals surface area contributed by atoms with Gasteiger partial charge in [-0.1, -0.05) is 0 Å². The summed E-state index contributed by atoms with van der Waals surface area (Å²) in [5.41, 5.74) is 1.91. The SMILES string of the molecule is Cc1cc2cc(C(C)NC(=O)OC(C)(C)C)[nH]c2cc1C(=O)O. The Morgan fingerprint density at radius 1 is 1.26 bits per heavy atom. The normalized spacial score (nSPS) is 12.9. The molecule has 1 heterocycles. The minimum atomic E-state index is -0.958. The molecule has 0 saturated carbocycles. The van der Waals surface area contributed by atoms with Crippen LogP contribution >= 0.6 is 0 Å². The molecular weight excluding hydrogens is 296 g/mol. The largest absolute Gasteiger partial charge is 0.478 e. The molecule has 23 heavy (non-hydrogen) atoms. The van der Waals surface area contributed by atoms with Crippen molar-refractivity contribution in [3.8, 4) is 0 Å². The first-order valence-corrected chi connectivity index (χ1v) is 7.43. The second kappa shape index (κ2) is 5.95. The van der Waals surface area contributed by atoms with Crippen LogP contribution in [0.2, 0.25) is 0 Å². The number of carbonyl (C=O) groups excluding carboxylic acids is 1. The Labute approximate surface area is 134 Å². The molecule has 3 N–H and O–H groups in total. The smallest absolute Gasteiger partial charge is 0.408 e. The van der Waals surface area contributed by atoms with Crippen molar-refractivity contribution in [3.05, 3.63) is 35.0 Å². The quantitative estimate of drug-likeness (QED) is 0.803. The maximum absolute atomic E-state index is 11.8. The van der Waals surface area contributed by atoms with Gasteiger partial charge in [0.2, 0.25) is 0 Å². The fraction of sp³-hybridized carbons (Fsp3) is 0.412. The van der Waals surface area contributed by atoms with E-state index in [0.29, 0.717) is 5.56 Å². The lowest BCUT2D eigenvalue weighted by molar-refractivity contribution is 0.0506. The van der Waals surface area contributed by atoms with Crippen LogP contribution in [0.15, 0.2) is 18.2 Å². The first kappa shape index (κ1) is 16.9. The van der Waals surface area contributed by atoms with E-state index in [0.717, 1.165) is 16.6 Å². The number of rotatable bonds is 3. The summed E-state index contributed by atoms with van der Waals surface area (Å²) in [5, 5.41) is 12.8. The van der Waals surface area contributed by atoms with Crippen molar-refractivity contribution in [2.45, 2.75) is 46.3 Å². The van der Waals surface area contributed by atoms with Crippen LogP contribution in [0.25, 0.3) is 10.9 Å². The van der Waals surface area contributed by atoms with E-state index in [9.17, 15) is 14.7 Å². The molecule has 1 aromatic carbocycles. The number of carbonyl (C=O) groups is 2. The molecule has 0 aliphatic carbocycles. The van der Waals surface area contributed by atoms with E-state index < -0.39 is 17.7 Å². The highest BCUT2D eigenvalue weighted by molar-refractivity contribution is 5.95. The highest BCUT2D eigenvalue weighted by Gasteiger charge is 2.19. The number of amides is 1. The molecule has 0 fully saturated rings. The Morgan fingerprint density at radius 3 is 2.48 bits per heavy atom. The van der Waals surface area contributed by atoms with Crippen molar-refractivity contribution in [2.75, 3.05) is 0 Å². The lowest BCUT2D eigenvalue weighted by Gasteiger charge is -2.21. The van der Waals surface area contributed by atoms with Crippen LogP contribution in [-0.4, -0.2) is 27.8 Å².